The maximum Gasteiger partial charge on any atom is 0.326 e. The second kappa shape index (κ2) is 3.57. The summed E-state index contributed by atoms with van der Waals surface area (Å²) < 4.78 is 0. The minimum Gasteiger partial charge on any atom is -0.307 e. The van der Waals surface area contributed by atoms with E-state index in [1.807, 2.05) is 25.1 Å². The molecule has 0 aliphatic rings. The van der Waals surface area contributed by atoms with Gasteiger partial charge in [-0.2, -0.15) is 0 Å². The van der Waals surface area contributed by atoms with Crippen molar-refractivity contribution in [1.82, 2.24) is 9.97 Å². The van der Waals surface area contributed by atoms with Crippen molar-refractivity contribution in [2.75, 3.05) is 0 Å². The summed E-state index contributed by atoms with van der Waals surface area (Å²) in [5.41, 5.74) is 0.644. The third kappa shape index (κ3) is 1.74. The van der Waals surface area contributed by atoms with Gasteiger partial charge in [-0.25, -0.2) is 4.79 Å². The zero-order valence-electron chi connectivity index (χ0n) is 8.20. The molecule has 0 aliphatic heterocycles. The molecule has 1 aromatic carbocycles. The van der Waals surface area contributed by atoms with Gasteiger partial charge >= 0.3 is 5.69 Å². The lowest BCUT2D eigenvalue weighted by Gasteiger charge is -1.97. The number of fused-ring (bicyclic) bond motifs is 1. The van der Waals surface area contributed by atoms with E-state index in [4.69, 9.17) is 0 Å². The average molecular weight is 202 g/mol. The minimum absolute atomic E-state index is 0.361. The predicted molar refractivity (Wildman–Crippen MR) is 59.9 cm³/mol. The van der Waals surface area contributed by atoms with Gasteiger partial charge in [0.1, 0.15) is 0 Å². The Labute approximate surface area is 85.3 Å². The summed E-state index contributed by atoms with van der Waals surface area (Å²) in [5, 5.41) is 0.491. The zero-order valence-corrected chi connectivity index (χ0v) is 8.20. The Hall–Kier alpha value is -2.10. The fourth-order valence-electron chi connectivity index (χ4n) is 1.48. The van der Waals surface area contributed by atoms with Crippen LogP contribution in [-0.2, 0) is 0 Å². The number of aromatic amines is 2. The normalized spacial score (nSPS) is 11.3. The van der Waals surface area contributed by atoms with Crippen LogP contribution in [-0.4, -0.2) is 9.97 Å². The number of H-pyrrole nitrogens is 2. The molecule has 4 nitrogen and oxygen atoms in total. The van der Waals surface area contributed by atoms with Crippen LogP contribution in [0.4, 0.5) is 0 Å². The molecule has 0 atom stereocenters. The third-order valence-electron chi connectivity index (χ3n) is 2.12. The molecule has 0 unspecified atom stereocenters. The van der Waals surface area contributed by atoms with Crippen molar-refractivity contribution in [2.24, 2.45) is 0 Å². The Morgan fingerprint density at radius 2 is 2.00 bits per heavy atom. The molecular formula is C11H10N2O2. The minimum atomic E-state index is -0.480. The van der Waals surface area contributed by atoms with Crippen LogP contribution in [0.1, 0.15) is 12.5 Å². The van der Waals surface area contributed by atoms with Crippen molar-refractivity contribution in [2.45, 2.75) is 6.92 Å². The van der Waals surface area contributed by atoms with E-state index in [-0.39, 0.29) is 5.56 Å². The molecule has 15 heavy (non-hydrogen) atoms. The fraction of sp³-hybridized carbons (Fsp3) is 0.0909. The van der Waals surface area contributed by atoms with Crippen molar-refractivity contribution >= 4 is 17.0 Å². The summed E-state index contributed by atoms with van der Waals surface area (Å²) >= 11 is 0. The molecule has 2 N–H and O–H groups in total. The molecule has 0 radical (unpaired) electrons. The summed E-state index contributed by atoms with van der Waals surface area (Å²) in [7, 11) is 0. The second-order valence-corrected chi connectivity index (χ2v) is 3.21. The molecule has 4 heteroatoms. The fourth-order valence-corrected chi connectivity index (χ4v) is 1.48. The van der Waals surface area contributed by atoms with Gasteiger partial charge in [-0.05, 0) is 24.6 Å². The maximum absolute atomic E-state index is 11.5. The summed E-state index contributed by atoms with van der Waals surface area (Å²) in [6, 6.07) is 5.31. The van der Waals surface area contributed by atoms with Crippen molar-refractivity contribution in [3.05, 3.63) is 50.7 Å². The summed E-state index contributed by atoms with van der Waals surface area (Å²) in [5.74, 6) is 0. The number of benzene rings is 1. The Bertz CT molecular complexity index is 635. The Morgan fingerprint density at radius 1 is 1.20 bits per heavy atom. The Balaban J connectivity index is 2.82. The van der Waals surface area contributed by atoms with E-state index in [0.717, 1.165) is 5.56 Å². The first-order chi connectivity index (χ1) is 7.20. The van der Waals surface area contributed by atoms with Gasteiger partial charge in [-0.3, -0.25) is 9.78 Å². The maximum atomic E-state index is 11.5. The number of hydrogen-bond donors (Lipinski definition) is 2. The van der Waals surface area contributed by atoms with Crippen LogP contribution < -0.4 is 11.2 Å². The van der Waals surface area contributed by atoms with Crippen molar-refractivity contribution < 1.29 is 0 Å². The van der Waals surface area contributed by atoms with Gasteiger partial charge in [0.25, 0.3) is 5.56 Å². The zero-order chi connectivity index (χ0) is 10.8. The van der Waals surface area contributed by atoms with Gasteiger partial charge < -0.3 is 4.98 Å². The lowest BCUT2D eigenvalue weighted by Crippen LogP contribution is -2.21. The number of rotatable bonds is 1. The molecule has 76 valence electrons. The molecule has 2 aromatic rings. The van der Waals surface area contributed by atoms with Gasteiger partial charge in [0.05, 0.1) is 10.9 Å². The summed E-state index contributed by atoms with van der Waals surface area (Å²) in [6.45, 7) is 1.90. The quantitative estimate of drug-likeness (QED) is 0.730. The SMILES string of the molecule is C/C=C\c1ccc2[nH]c(=O)[nH]c(=O)c2c1. The van der Waals surface area contributed by atoms with Crippen LogP contribution in [0.3, 0.4) is 0 Å². The Kier molecular flexibility index (Phi) is 2.25. The van der Waals surface area contributed by atoms with E-state index in [1.54, 1.807) is 12.1 Å². The van der Waals surface area contributed by atoms with Crippen LogP contribution in [0, 0.1) is 0 Å². The van der Waals surface area contributed by atoms with Crippen molar-refractivity contribution in [3.63, 3.8) is 0 Å². The van der Waals surface area contributed by atoms with Crippen molar-refractivity contribution in [3.8, 4) is 0 Å². The lowest BCUT2D eigenvalue weighted by molar-refractivity contribution is 1.08. The smallest absolute Gasteiger partial charge is 0.307 e. The lowest BCUT2D eigenvalue weighted by atomic mass is 10.1. The highest BCUT2D eigenvalue weighted by atomic mass is 16.2. The van der Waals surface area contributed by atoms with Crippen molar-refractivity contribution in [1.29, 1.82) is 0 Å². The highest BCUT2D eigenvalue weighted by molar-refractivity contribution is 5.80. The molecule has 0 saturated heterocycles. The third-order valence-corrected chi connectivity index (χ3v) is 2.12. The highest BCUT2D eigenvalue weighted by Gasteiger charge is 2.00. The number of nitrogens with one attached hydrogen (secondary N) is 2. The number of aromatic nitrogens is 2. The molecule has 0 aliphatic carbocycles. The predicted octanol–water partition coefficient (Wildman–Crippen LogP) is 1.25. The van der Waals surface area contributed by atoms with Crippen LogP contribution in [0.2, 0.25) is 0 Å². The molecular weight excluding hydrogens is 192 g/mol. The van der Waals surface area contributed by atoms with Crippen LogP contribution in [0.15, 0.2) is 33.9 Å². The molecule has 1 heterocycles. The molecule has 2 rings (SSSR count). The standard InChI is InChI=1S/C11H10N2O2/c1-2-3-7-4-5-9-8(6-7)10(14)13-11(15)12-9/h2-6H,1H3,(H2,12,13,14,15)/b3-2-. The second-order valence-electron chi connectivity index (χ2n) is 3.21. The average Bonchev–Trinajstić information content (AvgIpc) is 2.19. The van der Waals surface area contributed by atoms with Gasteiger partial charge in [-0.15, -0.1) is 0 Å². The first-order valence-electron chi connectivity index (χ1n) is 4.60. The molecule has 0 spiro atoms. The van der Waals surface area contributed by atoms with Crippen LogP contribution in [0.25, 0.3) is 17.0 Å². The van der Waals surface area contributed by atoms with Crippen LogP contribution in [0.5, 0.6) is 0 Å². The van der Waals surface area contributed by atoms with Gasteiger partial charge in [0.15, 0.2) is 0 Å². The van der Waals surface area contributed by atoms with Gasteiger partial charge in [0.2, 0.25) is 0 Å². The number of hydrogen-bond acceptors (Lipinski definition) is 2. The Morgan fingerprint density at radius 3 is 2.73 bits per heavy atom. The molecule has 0 amide bonds. The van der Waals surface area contributed by atoms with E-state index in [0.29, 0.717) is 10.9 Å². The summed E-state index contributed by atoms with van der Waals surface area (Å²) in [4.78, 5) is 27.2. The monoisotopic (exact) mass is 202 g/mol. The number of allylic oxidation sites excluding steroid dienone is 1. The first-order valence-corrected chi connectivity index (χ1v) is 4.60. The summed E-state index contributed by atoms with van der Waals surface area (Å²) in [6.07, 6.45) is 3.78. The van der Waals surface area contributed by atoms with Crippen LogP contribution >= 0.6 is 0 Å². The molecule has 1 aromatic heterocycles. The molecule has 0 fully saturated rings. The van der Waals surface area contributed by atoms with Gasteiger partial charge in [0, 0.05) is 0 Å². The largest absolute Gasteiger partial charge is 0.326 e. The van der Waals surface area contributed by atoms with E-state index in [1.165, 1.54) is 0 Å². The van der Waals surface area contributed by atoms with E-state index >= 15 is 0 Å². The van der Waals surface area contributed by atoms with E-state index in [2.05, 4.69) is 9.97 Å². The first kappa shape index (κ1) is 9.45. The topological polar surface area (TPSA) is 65.7 Å². The highest BCUT2D eigenvalue weighted by Crippen LogP contribution is 2.09. The van der Waals surface area contributed by atoms with E-state index < -0.39 is 5.69 Å². The molecule has 0 bridgehead atoms. The van der Waals surface area contributed by atoms with E-state index in [9.17, 15) is 9.59 Å². The molecule has 0 saturated carbocycles. The van der Waals surface area contributed by atoms with Gasteiger partial charge in [-0.1, -0.05) is 18.2 Å².